The van der Waals surface area contributed by atoms with Gasteiger partial charge in [-0.15, -0.1) is 35.7 Å². The van der Waals surface area contributed by atoms with E-state index in [4.69, 9.17) is 14.8 Å². The van der Waals surface area contributed by atoms with E-state index in [1.54, 1.807) is 0 Å². The van der Waals surface area contributed by atoms with E-state index >= 15 is 0 Å². The Morgan fingerprint density at radius 2 is 1.50 bits per heavy atom. The van der Waals surface area contributed by atoms with Crippen molar-refractivity contribution in [2.75, 3.05) is 0 Å². The first-order valence-corrected chi connectivity index (χ1v) is 18.3. The summed E-state index contributed by atoms with van der Waals surface area (Å²) in [4.78, 5) is 4.80. The van der Waals surface area contributed by atoms with Crippen molar-refractivity contribution < 1.29 is 25.8 Å². The minimum atomic E-state index is 0. The van der Waals surface area contributed by atoms with Crippen LogP contribution >= 0.6 is 0 Å². The van der Waals surface area contributed by atoms with Crippen LogP contribution in [0.1, 0.15) is 81.1 Å². The molecule has 52 heavy (non-hydrogen) atoms. The Kier molecular flexibility index (Phi) is 10.9. The minimum absolute atomic E-state index is 0. The van der Waals surface area contributed by atoms with Gasteiger partial charge in [0.2, 0.25) is 0 Å². The summed E-state index contributed by atoms with van der Waals surface area (Å²) in [6, 6.07) is 34.8. The van der Waals surface area contributed by atoms with Crippen LogP contribution in [0.2, 0.25) is 0 Å². The van der Waals surface area contributed by atoms with Crippen LogP contribution in [0.4, 0.5) is 0 Å². The summed E-state index contributed by atoms with van der Waals surface area (Å²) in [5.41, 5.74) is 13.0. The average molecular weight is 868 g/mol. The topological polar surface area (TPSA) is 44.9 Å². The number of fused-ring (bicyclic) bond motifs is 3. The number of hydrogen-bond acceptors (Lipinski definition) is 3. The van der Waals surface area contributed by atoms with Crippen molar-refractivity contribution in [2.45, 2.75) is 87.5 Å². The van der Waals surface area contributed by atoms with Gasteiger partial charge in [-0.25, -0.2) is 4.98 Å². The number of rotatable bonds is 10. The van der Waals surface area contributed by atoms with Crippen molar-refractivity contribution in [3.05, 3.63) is 131 Å². The summed E-state index contributed by atoms with van der Waals surface area (Å²) in [6.07, 6.45) is 6.79. The molecule has 5 nitrogen and oxygen atoms in total. The van der Waals surface area contributed by atoms with Gasteiger partial charge in [0.05, 0.1) is 11.4 Å². The average Bonchev–Trinajstić information content (AvgIpc) is 3.61. The number of aryl methyl sites for hydroxylation is 4. The van der Waals surface area contributed by atoms with E-state index in [1.165, 1.54) is 39.1 Å². The number of nitrogens with zero attached hydrogens (tertiary/aromatic N) is 4. The molecule has 0 saturated heterocycles. The van der Waals surface area contributed by atoms with Gasteiger partial charge in [-0.05, 0) is 103 Å². The number of hydrogen-bond donors (Lipinski definition) is 0. The van der Waals surface area contributed by atoms with Gasteiger partial charge >= 0.3 is 21.1 Å². The molecule has 3 heterocycles. The molecular weight excluding hydrogens is 820 g/mol. The number of pyridine rings is 1. The molecule has 0 radical (unpaired) electrons. The number of aromatic nitrogens is 4. The van der Waals surface area contributed by atoms with Gasteiger partial charge in [0, 0.05) is 28.8 Å². The minimum Gasteiger partial charge on any atom is -0.509 e. The number of ether oxygens (including phenoxy) is 1. The maximum absolute atomic E-state index is 6.57. The van der Waals surface area contributed by atoms with E-state index in [9.17, 15) is 0 Å². The van der Waals surface area contributed by atoms with E-state index < -0.39 is 0 Å². The van der Waals surface area contributed by atoms with Gasteiger partial charge < -0.3 is 9.30 Å². The molecule has 7 aromatic rings. The van der Waals surface area contributed by atoms with Gasteiger partial charge in [-0.1, -0.05) is 83.3 Å². The largest absolute Gasteiger partial charge is 2.00 e. The zero-order chi connectivity index (χ0) is 35.9. The Labute approximate surface area is 323 Å². The van der Waals surface area contributed by atoms with Crippen molar-refractivity contribution >= 4 is 21.8 Å². The van der Waals surface area contributed by atoms with E-state index in [0.29, 0.717) is 11.5 Å². The second-order valence-electron chi connectivity index (χ2n) is 15.1. The van der Waals surface area contributed by atoms with Crippen molar-refractivity contribution in [3.8, 4) is 34.1 Å². The van der Waals surface area contributed by atoms with E-state index in [0.717, 1.165) is 71.1 Å². The Bertz CT molecular complexity index is 2350. The van der Waals surface area contributed by atoms with Crippen LogP contribution < -0.4 is 4.74 Å². The Morgan fingerprint density at radius 3 is 2.23 bits per heavy atom. The molecule has 0 N–H and O–H groups in total. The summed E-state index contributed by atoms with van der Waals surface area (Å²) in [5.74, 6) is 2.13. The Hall–Kier alpha value is -4.47. The zero-order valence-electron chi connectivity index (χ0n) is 31.6. The van der Waals surface area contributed by atoms with Crippen LogP contribution in [0.25, 0.3) is 44.4 Å². The molecule has 0 bridgehead atoms. The summed E-state index contributed by atoms with van der Waals surface area (Å²) in [6.45, 7) is 17.9. The van der Waals surface area contributed by atoms with Crippen LogP contribution in [-0.2, 0) is 40.3 Å². The third-order valence-corrected chi connectivity index (χ3v) is 9.79. The molecule has 0 aliphatic heterocycles. The standard InChI is InChI=1S/C46H48N4O.Pt/c1-9-14-33-22-23-47-44(26-33)49-41-19-12-11-18-38(41)39-21-20-37(28-42(39)49)51-36-17-13-16-35(27-36)50-43(29-46(6,7)8)45(40(48-50)15-10-2)34-24-30(3)32(5)31(4)25-34;/h11-13,16-26H,9-10,14-15,29H2,1-8H3;/q-2;+2. The first-order chi connectivity index (χ1) is 24.5. The maximum Gasteiger partial charge on any atom is 2.00 e. The molecule has 0 unspecified atom stereocenters. The van der Waals surface area contributed by atoms with E-state index in [1.807, 2.05) is 24.4 Å². The third-order valence-electron chi connectivity index (χ3n) is 9.79. The predicted octanol–water partition coefficient (Wildman–Crippen LogP) is 11.8. The molecule has 4 aromatic carbocycles. The fourth-order valence-corrected chi connectivity index (χ4v) is 7.23. The van der Waals surface area contributed by atoms with Crippen LogP contribution in [0, 0.1) is 38.3 Å². The molecule has 0 spiro atoms. The monoisotopic (exact) mass is 867 g/mol. The molecule has 6 heteroatoms. The maximum atomic E-state index is 6.57. The number of benzene rings is 4. The van der Waals surface area contributed by atoms with Crippen LogP contribution in [0.3, 0.4) is 0 Å². The molecule has 268 valence electrons. The summed E-state index contributed by atoms with van der Waals surface area (Å²) in [7, 11) is 0. The van der Waals surface area contributed by atoms with E-state index in [-0.39, 0.29) is 26.5 Å². The van der Waals surface area contributed by atoms with Crippen LogP contribution in [-0.4, -0.2) is 19.3 Å². The fourth-order valence-electron chi connectivity index (χ4n) is 7.23. The molecular formula is C46H48N4OPt. The van der Waals surface area contributed by atoms with Gasteiger partial charge in [0.25, 0.3) is 0 Å². The molecule has 0 saturated carbocycles. The molecule has 7 rings (SSSR count). The normalized spacial score (nSPS) is 11.7. The summed E-state index contributed by atoms with van der Waals surface area (Å²) < 4.78 is 10.9. The summed E-state index contributed by atoms with van der Waals surface area (Å²) in [5, 5.41) is 7.57. The summed E-state index contributed by atoms with van der Waals surface area (Å²) >= 11 is 0. The molecule has 0 atom stereocenters. The van der Waals surface area contributed by atoms with Gasteiger partial charge in [-0.3, -0.25) is 4.68 Å². The van der Waals surface area contributed by atoms with Crippen LogP contribution in [0.5, 0.6) is 11.5 Å². The van der Waals surface area contributed by atoms with E-state index in [2.05, 4.69) is 137 Å². The second kappa shape index (κ2) is 15.2. The first kappa shape index (κ1) is 37.3. The molecule has 3 aromatic heterocycles. The Balaban J connectivity index is 0.00000464. The van der Waals surface area contributed by atoms with Gasteiger partial charge in [0.1, 0.15) is 5.82 Å². The molecule has 0 aliphatic rings. The predicted molar refractivity (Wildman–Crippen MR) is 211 cm³/mol. The van der Waals surface area contributed by atoms with Crippen LogP contribution in [0.15, 0.2) is 85.1 Å². The number of para-hydroxylation sites is 1. The van der Waals surface area contributed by atoms with Gasteiger partial charge in [-0.2, -0.15) is 17.2 Å². The van der Waals surface area contributed by atoms with Crippen molar-refractivity contribution in [1.29, 1.82) is 0 Å². The van der Waals surface area contributed by atoms with Crippen molar-refractivity contribution in [2.24, 2.45) is 5.41 Å². The Morgan fingerprint density at radius 1 is 0.769 bits per heavy atom. The second-order valence-corrected chi connectivity index (χ2v) is 15.1. The van der Waals surface area contributed by atoms with Gasteiger partial charge in [0.15, 0.2) is 0 Å². The first-order valence-electron chi connectivity index (χ1n) is 18.3. The fraction of sp³-hybridized carbons (Fsp3) is 0.304. The van der Waals surface area contributed by atoms with Crippen molar-refractivity contribution in [1.82, 2.24) is 19.3 Å². The smallest absolute Gasteiger partial charge is 0.509 e. The molecule has 0 amide bonds. The quantitative estimate of drug-likeness (QED) is 0.129. The molecule has 0 fully saturated rings. The molecule has 0 aliphatic carbocycles. The third kappa shape index (κ3) is 7.39. The van der Waals surface area contributed by atoms with Crippen molar-refractivity contribution in [3.63, 3.8) is 0 Å². The zero-order valence-corrected chi connectivity index (χ0v) is 33.9. The SMILES string of the molecule is CCCc1ccnc(-n2c3[c-]c(Oc4[c-]c(-n5nc(CCC)c(-c6cc(C)c(C)c(C)c6)c5CC(C)(C)C)ccc4)ccc3c3ccccc32)c1.[Pt+2].